The molecule has 0 aromatic carbocycles. The van der Waals surface area contributed by atoms with Gasteiger partial charge in [-0.25, -0.2) is 0 Å². The van der Waals surface area contributed by atoms with Crippen molar-refractivity contribution in [3.63, 3.8) is 0 Å². The van der Waals surface area contributed by atoms with Crippen LogP contribution in [-0.2, 0) is 11.2 Å². The van der Waals surface area contributed by atoms with Gasteiger partial charge in [-0.3, -0.25) is 9.59 Å². The van der Waals surface area contributed by atoms with Gasteiger partial charge in [-0.15, -0.1) is 0 Å². The molecule has 14 heavy (non-hydrogen) atoms. The van der Waals surface area contributed by atoms with Crippen molar-refractivity contribution >= 4 is 17.1 Å². The molecule has 0 unspecified atom stereocenters. The number of carboxylic acid groups (broad SMARTS) is 1. The van der Waals surface area contributed by atoms with Crippen molar-refractivity contribution in [2.45, 2.75) is 6.42 Å². The zero-order valence-corrected chi connectivity index (χ0v) is 7.02. The highest BCUT2D eigenvalue weighted by Crippen LogP contribution is 2.17. The Morgan fingerprint density at radius 1 is 1.36 bits per heavy atom. The zero-order chi connectivity index (χ0) is 10.1. The summed E-state index contributed by atoms with van der Waals surface area (Å²) in [7, 11) is 0. The van der Waals surface area contributed by atoms with Crippen molar-refractivity contribution in [3.05, 3.63) is 34.4 Å². The van der Waals surface area contributed by atoms with Crippen LogP contribution in [0.2, 0.25) is 0 Å². The van der Waals surface area contributed by atoms with Crippen molar-refractivity contribution in [3.8, 4) is 0 Å². The van der Waals surface area contributed by atoms with Gasteiger partial charge in [-0.2, -0.15) is 0 Å². The molecule has 2 heterocycles. The first-order valence-electron chi connectivity index (χ1n) is 3.88. The number of fused-ring (bicyclic) bond motifs is 1. The number of aliphatic carboxylic acids is 1. The largest absolute Gasteiger partial charge is 0.481 e. The third-order valence-corrected chi connectivity index (χ3v) is 1.79. The fraction of sp³-hybridized carbons (Fsp3) is 0.111. The molecule has 0 spiro atoms. The summed E-state index contributed by atoms with van der Waals surface area (Å²) < 4.78 is 9.92. The van der Waals surface area contributed by atoms with E-state index in [4.69, 9.17) is 13.9 Å². The van der Waals surface area contributed by atoms with Gasteiger partial charge in [-0.1, -0.05) is 0 Å². The summed E-state index contributed by atoms with van der Waals surface area (Å²) in [6.45, 7) is 0. The van der Waals surface area contributed by atoms with Crippen LogP contribution in [0.4, 0.5) is 0 Å². The molecule has 2 aromatic heterocycles. The average Bonchev–Trinajstić information content (AvgIpc) is 2.49. The lowest BCUT2D eigenvalue weighted by Crippen LogP contribution is -2.00. The molecule has 0 aliphatic rings. The number of rotatable bonds is 2. The van der Waals surface area contributed by atoms with E-state index in [0.29, 0.717) is 5.56 Å². The highest BCUT2D eigenvalue weighted by atomic mass is 16.4. The summed E-state index contributed by atoms with van der Waals surface area (Å²) in [5.74, 6) is -1.00. The van der Waals surface area contributed by atoms with Gasteiger partial charge in [0.05, 0.1) is 18.9 Å². The van der Waals surface area contributed by atoms with Gasteiger partial charge in [0.1, 0.15) is 0 Å². The van der Waals surface area contributed by atoms with Crippen molar-refractivity contribution < 1.29 is 18.7 Å². The molecule has 5 nitrogen and oxygen atoms in total. The van der Waals surface area contributed by atoms with Crippen molar-refractivity contribution in [2.24, 2.45) is 0 Å². The Morgan fingerprint density at radius 3 is 2.86 bits per heavy atom. The Labute approximate surface area is 77.6 Å². The van der Waals surface area contributed by atoms with Crippen molar-refractivity contribution in [1.29, 1.82) is 0 Å². The SMILES string of the molecule is O=C(O)Cc1coc2c(=O)ccoc12. The van der Waals surface area contributed by atoms with E-state index in [0.717, 1.165) is 0 Å². The molecule has 2 aromatic rings. The van der Waals surface area contributed by atoms with Crippen molar-refractivity contribution in [1.82, 2.24) is 0 Å². The Balaban J connectivity index is 2.64. The van der Waals surface area contributed by atoms with Crippen LogP contribution in [0.25, 0.3) is 11.2 Å². The summed E-state index contributed by atoms with van der Waals surface area (Å²) in [5, 5.41) is 8.55. The Kier molecular flexibility index (Phi) is 1.85. The van der Waals surface area contributed by atoms with E-state index in [9.17, 15) is 9.59 Å². The molecule has 0 bridgehead atoms. The minimum absolute atomic E-state index is 0.0590. The van der Waals surface area contributed by atoms with Gasteiger partial charge in [0.2, 0.25) is 11.0 Å². The van der Waals surface area contributed by atoms with Gasteiger partial charge in [-0.05, 0) is 0 Å². The highest BCUT2D eigenvalue weighted by Gasteiger charge is 2.13. The molecule has 0 fully saturated rings. The monoisotopic (exact) mass is 194 g/mol. The number of furan rings is 1. The van der Waals surface area contributed by atoms with E-state index >= 15 is 0 Å². The second kappa shape index (κ2) is 3.02. The lowest BCUT2D eigenvalue weighted by Gasteiger charge is -1.90. The van der Waals surface area contributed by atoms with Crippen LogP contribution in [0, 0.1) is 0 Å². The number of hydrogen-bond donors (Lipinski definition) is 1. The third kappa shape index (κ3) is 1.28. The quantitative estimate of drug-likeness (QED) is 0.771. The molecule has 0 atom stereocenters. The molecule has 5 heteroatoms. The van der Waals surface area contributed by atoms with Gasteiger partial charge in [0, 0.05) is 11.6 Å². The van der Waals surface area contributed by atoms with E-state index < -0.39 is 5.97 Å². The number of carbonyl (C=O) groups is 1. The smallest absolute Gasteiger partial charge is 0.308 e. The number of carboxylic acids is 1. The Morgan fingerprint density at radius 2 is 2.14 bits per heavy atom. The van der Waals surface area contributed by atoms with E-state index in [-0.39, 0.29) is 23.0 Å². The van der Waals surface area contributed by atoms with Gasteiger partial charge in [0.25, 0.3) is 0 Å². The van der Waals surface area contributed by atoms with E-state index in [2.05, 4.69) is 0 Å². The molecule has 0 aliphatic heterocycles. The highest BCUT2D eigenvalue weighted by molar-refractivity contribution is 5.80. The molecular weight excluding hydrogens is 188 g/mol. The molecule has 0 aliphatic carbocycles. The van der Waals surface area contributed by atoms with Crippen LogP contribution >= 0.6 is 0 Å². The second-order valence-electron chi connectivity index (χ2n) is 2.77. The molecule has 72 valence electrons. The third-order valence-electron chi connectivity index (χ3n) is 1.79. The molecule has 1 N–H and O–H groups in total. The summed E-state index contributed by atoms with van der Waals surface area (Å²) in [6, 6.07) is 1.22. The van der Waals surface area contributed by atoms with Crippen LogP contribution in [-0.4, -0.2) is 11.1 Å². The fourth-order valence-electron chi connectivity index (χ4n) is 1.21. The molecular formula is C9H6O5. The number of hydrogen-bond acceptors (Lipinski definition) is 4. The first-order chi connectivity index (χ1) is 6.68. The summed E-state index contributed by atoms with van der Waals surface area (Å²) in [6.07, 6.45) is 2.22. The maximum Gasteiger partial charge on any atom is 0.308 e. The van der Waals surface area contributed by atoms with E-state index in [1.165, 1.54) is 18.6 Å². The predicted molar refractivity (Wildman–Crippen MR) is 46.1 cm³/mol. The molecule has 2 rings (SSSR count). The summed E-state index contributed by atoms with van der Waals surface area (Å²) >= 11 is 0. The fourth-order valence-corrected chi connectivity index (χ4v) is 1.21. The zero-order valence-electron chi connectivity index (χ0n) is 7.02. The minimum Gasteiger partial charge on any atom is -0.481 e. The first kappa shape index (κ1) is 8.55. The van der Waals surface area contributed by atoms with Gasteiger partial charge < -0.3 is 13.9 Å². The van der Waals surface area contributed by atoms with Crippen LogP contribution < -0.4 is 5.43 Å². The summed E-state index contributed by atoms with van der Waals surface area (Å²) in [4.78, 5) is 21.6. The molecule has 0 radical (unpaired) electrons. The van der Waals surface area contributed by atoms with Crippen LogP contribution in [0.3, 0.4) is 0 Å². The molecule has 0 saturated carbocycles. The van der Waals surface area contributed by atoms with Crippen LogP contribution in [0.1, 0.15) is 5.56 Å². The Hall–Kier alpha value is -2.04. The van der Waals surface area contributed by atoms with Crippen LogP contribution in [0.15, 0.2) is 32.2 Å². The lowest BCUT2D eigenvalue weighted by molar-refractivity contribution is -0.136. The topological polar surface area (TPSA) is 80.6 Å². The van der Waals surface area contributed by atoms with Gasteiger partial charge >= 0.3 is 5.97 Å². The molecule has 0 amide bonds. The average molecular weight is 194 g/mol. The van der Waals surface area contributed by atoms with Gasteiger partial charge in [0.15, 0.2) is 5.58 Å². The Bertz CT molecular complexity index is 533. The van der Waals surface area contributed by atoms with Crippen LogP contribution in [0.5, 0.6) is 0 Å². The predicted octanol–water partition coefficient (Wildman–Crippen LogP) is 1.01. The van der Waals surface area contributed by atoms with Crippen molar-refractivity contribution in [2.75, 3.05) is 0 Å². The second-order valence-corrected chi connectivity index (χ2v) is 2.77. The van der Waals surface area contributed by atoms with E-state index in [1.54, 1.807) is 0 Å². The minimum atomic E-state index is -1.00. The standard InChI is InChI=1S/C9H6O5/c10-6-1-2-13-8-5(3-7(11)12)4-14-9(6)8/h1-2,4H,3H2,(H,11,12). The normalized spacial score (nSPS) is 10.6. The maximum absolute atomic E-state index is 11.2. The lowest BCUT2D eigenvalue weighted by atomic mass is 10.2. The summed E-state index contributed by atoms with van der Waals surface area (Å²) in [5.41, 5.74) is 0.316. The first-order valence-corrected chi connectivity index (χ1v) is 3.88. The van der Waals surface area contributed by atoms with E-state index in [1.807, 2.05) is 0 Å². The maximum atomic E-state index is 11.2. The molecule has 0 saturated heterocycles.